The Hall–Kier alpha value is -0.500. The fourth-order valence-electron chi connectivity index (χ4n) is 1.28. The average Bonchev–Trinajstić information content (AvgIpc) is 2.10. The van der Waals surface area contributed by atoms with Crippen molar-refractivity contribution in [3.8, 4) is 0 Å². The first kappa shape index (κ1) is 6.23. The molecule has 1 aromatic rings. The summed E-state index contributed by atoms with van der Waals surface area (Å²) in [5.41, 5.74) is 5.61. The molecule has 0 bridgehead atoms. The highest BCUT2D eigenvalue weighted by Gasteiger charge is 2.20. The van der Waals surface area contributed by atoms with Crippen LogP contribution in [-0.2, 0) is 0 Å². The lowest BCUT2D eigenvalue weighted by molar-refractivity contribution is 0.426. The van der Waals surface area contributed by atoms with Crippen LogP contribution in [0.5, 0.6) is 0 Å². The van der Waals surface area contributed by atoms with Crippen LogP contribution in [0.2, 0.25) is 0 Å². The topological polar surface area (TPSA) is 26.0 Å². The van der Waals surface area contributed by atoms with Gasteiger partial charge in [-0.3, -0.25) is 0 Å². The Morgan fingerprint density at radius 1 is 1.40 bits per heavy atom. The van der Waals surface area contributed by atoms with E-state index in [9.17, 15) is 0 Å². The normalized spacial score (nSPS) is 18.8. The third-order valence-electron chi connectivity index (χ3n) is 2.16. The standard InChI is InChI=1S/C8H11NS/c9-8-5-4-7(10-8)6-2-1-3-6/h4-6H,1-3,9H2. The fourth-order valence-corrected chi connectivity index (χ4v) is 2.23. The van der Waals surface area contributed by atoms with Gasteiger partial charge in [0.1, 0.15) is 0 Å². The summed E-state index contributed by atoms with van der Waals surface area (Å²) in [6, 6.07) is 4.18. The Kier molecular flexibility index (Phi) is 1.42. The molecule has 0 atom stereocenters. The van der Waals surface area contributed by atoms with E-state index in [1.807, 2.05) is 6.07 Å². The molecule has 0 amide bonds. The van der Waals surface area contributed by atoms with Crippen molar-refractivity contribution in [3.05, 3.63) is 17.0 Å². The van der Waals surface area contributed by atoms with Crippen LogP contribution >= 0.6 is 11.3 Å². The third-order valence-corrected chi connectivity index (χ3v) is 3.23. The smallest absolute Gasteiger partial charge is 0.0859 e. The average molecular weight is 153 g/mol. The Labute approximate surface area is 64.9 Å². The quantitative estimate of drug-likeness (QED) is 0.659. The van der Waals surface area contributed by atoms with E-state index >= 15 is 0 Å². The summed E-state index contributed by atoms with van der Waals surface area (Å²) < 4.78 is 0. The van der Waals surface area contributed by atoms with Gasteiger partial charge in [0, 0.05) is 4.88 Å². The van der Waals surface area contributed by atoms with Crippen molar-refractivity contribution in [3.63, 3.8) is 0 Å². The second kappa shape index (κ2) is 2.27. The lowest BCUT2D eigenvalue weighted by Gasteiger charge is -2.23. The van der Waals surface area contributed by atoms with E-state index in [0.29, 0.717) is 0 Å². The number of hydrogen-bond acceptors (Lipinski definition) is 2. The van der Waals surface area contributed by atoms with Crippen molar-refractivity contribution in [2.75, 3.05) is 5.73 Å². The van der Waals surface area contributed by atoms with Gasteiger partial charge in [-0.25, -0.2) is 0 Å². The molecule has 0 spiro atoms. The molecule has 0 unspecified atom stereocenters. The summed E-state index contributed by atoms with van der Waals surface area (Å²) in [6.45, 7) is 0. The van der Waals surface area contributed by atoms with Crippen LogP contribution in [0.1, 0.15) is 30.1 Å². The predicted octanol–water partition coefficient (Wildman–Crippen LogP) is 2.60. The van der Waals surface area contributed by atoms with Gasteiger partial charge in [-0.1, -0.05) is 6.42 Å². The molecule has 1 aliphatic carbocycles. The van der Waals surface area contributed by atoms with Gasteiger partial charge < -0.3 is 5.73 Å². The maximum atomic E-state index is 5.61. The van der Waals surface area contributed by atoms with Gasteiger partial charge in [0.15, 0.2) is 0 Å². The van der Waals surface area contributed by atoms with Crippen molar-refractivity contribution >= 4 is 16.3 Å². The van der Waals surface area contributed by atoms with Gasteiger partial charge in [-0.2, -0.15) is 0 Å². The Morgan fingerprint density at radius 2 is 2.20 bits per heavy atom. The highest BCUT2D eigenvalue weighted by molar-refractivity contribution is 7.15. The van der Waals surface area contributed by atoms with E-state index < -0.39 is 0 Å². The summed E-state index contributed by atoms with van der Waals surface area (Å²) in [5, 5.41) is 0.960. The van der Waals surface area contributed by atoms with Crippen molar-refractivity contribution in [2.24, 2.45) is 0 Å². The summed E-state index contributed by atoms with van der Waals surface area (Å²) in [4.78, 5) is 1.49. The Morgan fingerprint density at radius 3 is 2.60 bits per heavy atom. The van der Waals surface area contributed by atoms with Crippen molar-refractivity contribution in [2.45, 2.75) is 25.2 Å². The van der Waals surface area contributed by atoms with Gasteiger partial charge in [0.25, 0.3) is 0 Å². The molecule has 1 aromatic heterocycles. The van der Waals surface area contributed by atoms with Crippen molar-refractivity contribution in [1.29, 1.82) is 0 Å². The van der Waals surface area contributed by atoms with E-state index in [0.717, 1.165) is 10.9 Å². The zero-order chi connectivity index (χ0) is 6.97. The van der Waals surface area contributed by atoms with Gasteiger partial charge >= 0.3 is 0 Å². The second-order valence-corrected chi connectivity index (χ2v) is 4.01. The summed E-state index contributed by atoms with van der Waals surface area (Å²) in [5.74, 6) is 0.849. The molecule has 1 aliphatic rings. The molecular weight excluding hydrogens is 142 g/mol. The molecule has 54 valence electrons. The first-order valence-electron chi connectivity index (χ1n) is 3.71. The first-order chi connectivity index (χ1) is 4.86. The van der Waals surface area contributed by atoms with E-state index in [1.54, 1.807) is 11.3 Å². The van der Waals surface area contributed by atoms with Crippen molar-refractivity contribution < 1.29 is 0 Å². The monoisotopic (exact) mass is 153 g/mol. The van der Waals surface area contributed by atoms with Gasteiger partial charge in [-0.15, -0.1) is 11.3 Å². The highest BCUT2D eigenvalue weighted by Crippen LogP contribution is 2.40. The summed E-state index contributed by atoms with van der Waals surface area (Å²) in [6.07, 6.45) is 4.16. The number of thiophene rings is 1. The van der Waals surface area contributed by atoms with Crippen LogP contribution in [0.3, 0.4) is 0 Å². The molecule has 1 nitrogen and oxygen atoms in total. The van der Waals surface area contributed by atoms with E-state index in [4.69, 9.17) is 5.73 Å². The number of hydrogen-bond donors (Lipinski definition) is 1. The fraction of sp³-hybridized carbons (Fsp3) is 0.500. The van der Waals surface area contributed by atoms with Gasteiger partial charge in [0.2, 0.25) is 0 Å². The highest BCUT2D eigenvalue weighted by atomic mass is 32.1. The lowest BCUT2D eigenvalue weighted by Crippen LogP contribution is -2.06. The van der Waals surface area contributed by atoms with Crippen LogP contribution in [-0.4, -0.2) is 0 Å². The minimum atomic E-state index is 0.849. The van der Waals surface area contributed by atoms with Crippen LogP contribution in [0, 0.1) is 0 Å². The molecule has 1 heterocycles. The van der Waals surface area contributed by atoms with E-state index in [1.165, 1.54) is 24.1 Å². The SMILES string of the molecule is Nc1ccc(C2CCC2)s1. The number of anilines is 1. The molecule has 1 saturated carbocycles. The second-order valence-electron chi connectivity index (χ2n) is 2.87. The zero-order valence-corrected chi connectivity index (χ0v) is 6.66. The van der Waals surface area contributed by atoms with Crippen LogP contribution in [0.15, 0.2) is 12.1 Å². The van der Waals surface area contributed by atoms with E-state index in [2.05, 4.69) is 6.07 Å². The van der Waals surface area contributed by atoms with Gasteiger partial charge in [-0.05, 0) is 30.9 Å². The maximum absolute atomic E-state index is 5.61. The van der Waals surface area contributed by atoms with Crippen LogP contribution in [0.4, 0.5) is 5.00 Å². The first-order valence-corrected chi connectivity index (χ1v) is 4.53. The number of nitrogen functional groups attached to an aromatic ring is 1. The van der Waals surface area contributed by atoms with Gasteiger partial charge in [0.05, 0.1) is 5.00 Å². The third kappa shape index (κ3) is 0.926. The molecule has 0 radical (unpaired) electrons. The molecular formula is C8H11NS. The Balaban J connectivity index is 2.17. The predicted molar refractivity (Wildman–Crippen MR) is 45.3 cm³/mol. The molecule has 0 aromatic carbocycles. The molecule has 10 heavy (non-hydrogen) atoms. The minimum Gasteiger partial charge on any atom is -0.391 e. The van der Waals surface area contributed by atoms with Crippen LogP contribution in [0.25, 0.3) is 0 Å². The Bertz CT molecular complexity index is 225. The van der Waals surface area contributed by atoms with Crippen molar-refractivity contribution in [1.82, 2.24) is 0 Å². The summed E-state index contributed by atoms with van der Waals surface area (Å²) >= 11 is 1.75. The zero-order valence-electron chi connectivity index (χ0n) is 5.84. The number of nitrogens with two attached hydrogens (primary N) is 1. The summed E-state index contributed by atoms with van der Waals surface area (Å²) in [7, 11) is 0. The minimum absolute atomic E-state index is 0.849. The molecule has 0 saturated heterocycles. The maximum Gasteiger partial charge on any atom is 0.0859 e. The molecule has 2 heteroatoms. The largest absolute Gasteiger partial charge is 0.391 e. The molecule has 2 N–H and O–H groups in total. The van der Waals surface area contributed by atoms with Crippen LogP contribution < -0.4 is 5.73 Å². The lowest BCUT2D eigenvalue weighted by atomic mass is 9.84. The van der Waals surface area contributed by atoms with E-state index in [-0.39, 0.29) is 0 Å². The molecule has 1 fully saturated rings. The molecule has 0 aliphatic heterocycles. The molecule has 2 rings (SSSR count). The number of rotatable bonds is 1.